The summed E-state index contributed by atoms with van der Waals surface area (Å²) in [5.41, 5.74) is 0.450. The lowest BCUT2D eigenvalue weighted by atomic mass is 10.4. The number of imidazole rings is 1. The van der Waals surface area contributed by atoms with E-state index in [0.29, 0.717) is 5.69 Å². The normalized spacial score (nSPS) is 10.6. The number of aromatic nitrogens is 4. The zero-order chi connectivity index (χ0) is 22.9. The maximum Gasteiger partial charge on any atom is 0.354 e. The van der Waals surface area contributed by atoms with Crippen molar-refractivity contribution in [1.82, 2.24) is 18.7 Å². The maximum absolute atomic E-state index is 12.6. The third-order valence-corrected chi connectivity index (χ3v) is 4.41. The van der Waals surface area contributed by atoms with E-state index in [4.69, 9.17) is 0 Å². The van der Waals surface area contributed by atoms with Crippen LogP contribution in [-0.4, -0.2) is 48.5 Å². The number of carbonyl (C=O) groups is 3. The Morgan fingerprint density at radius 1 is 0.968 bits per heavy atom. The Bertz CT molecular complexity index is 1200. The van der Waals surface area contributed by atoms with Crippen molar-refractivity contribution >= 4 is 35.0 Å². The van der Waals surface area contributed by atoms with Crippen LogP contribution in [-0.2, 0) is 25.9 Å². The average Bonchev–Trinajstić information content (AvgIpc) is 3.37. The molecule has 162 valence electrons. The van der Waals surface area contributed by atoms with Crippen LogP contribution in [0.4, 0.5) is 17.2 Å². The zero-order valence-corrected chi connectivity index (χ0v) is 17.1. The molecule has 0 fully saturated rings. The van der Waals surface area contributed by atoms with Gasteiger partial charge in [-0.1, -0.05) is 0 Å². The fourth-order valence-corrected chi connectivity index (χ4v) is 2.92. The molecule has 13 nitrogen and oxygen atoms in total. The van der Waals surface area contributed by atoms with Crippen LogP contribution >= 0.6 is 0 Å². The quantitative estimate of drug-likeness (QED) is 0.340. The lowest BCUT2D eigenvalue weighted by Crippen LogP contribution is -2.17. The summed E-state index contributed by atoms with van der Waals surface area (Å²) in [4.78, 5) is 51.1. The number of nitro groups is 1. The van der Waals surface area contributed by atoms with Gasteiger partial charge in [0.05, 0.1) is 23.9 Å². The number of hydrogen-bond donors (Lipinski definition) is 2. The number of esters is 1. The summed E-state index contributed by atoms with van der Waals surface area (Å²) in [6.07, 6.45) is 4.18. The van der Waals surface area contributed by atoms with Gasteiger partial charge >= 0.3 is 5.97 Å². The number of carbonyl (C=O) groups excluding carboxylic acids is 3. The molecular formula is C18H19N7O6. The van der Waals surface area contributed by atoms with Crippen molar-refractivity contribution in [3.05, 3.63) is 58.0 Å². The number of rotatable bonds is 6. The summed E-state index contributed by atoms with van der Waals surface area (Å²) >= 11 is 0. The Morgan fingerprint density at radius 2 is 1.65 bits per heavy atom. The van der Waals surface area contributed by atoms with Crippen molar-refractivity contribution in [1.29, 1.82) is 0 Å². The highest BCUT2D eigenvalue weighted by Crippen LogP contribution is 2.18. The number of nitrogens with one attached hydrogen (secondary N) is 2. The Morgan fingerprint density at radius 3 is 2.26 bits per heavy atom. The summed E-state index contributed by atoms with van der Waals surface area (Å²) in [7, 11) is 5.95. The molecule has 0 spiro atoms. The van der Waals surface area contributed by atoms with Crippen LogP contribution in [0.15, 0.2) is 30.7 Å². The van der Waals surface area contributed by atoms with Crippen LogP contribution < -0.4 is 10.6 Å². The first kappa shape index (κ1) is 21.3. The molecule has 0 aliphatic heterocycles. The molecule has 3 rings (SSSR count). The molecule has 31 heavy (non-hydrogen) atoms. The van der Waals surface area contributed by atoms with Crippen molar-refractivity contribution < 1.29 is 24.0 Å². The standard InChI is InChI=1S/C18H19N7O6/c1-22-7-10(5-13(22)18(28)31-4)19-17(27)15-20-14(9-24(15)3)21-16(26)12-6-11(25(29)30)8-23(12)2/h5-9H,1-4H3,(H,19,27)(H,21,26). The average molecular weight is 429 g/mol. The number of methoxy groups -OCH3 is 1. The number of hydrogen-bond acceptors (Lipinski definition) is 7. The molecular weight excluding hydrogens is 410 g/mol. The van der Waals surface area contributed by atoms with Gasteiger partial charge in [0.25, 0.3) is 17.5 Å². The lowest BCUT2D eigenvalue weighted by molar-refractivity contribution is -0.384. The summed E-state index contributed by atoms with van der Waals surface area (Å²) < 4.78 is 8.90. The minimum Gasteiger partial charge on any atom is -0.464 e. The monoisotopic (exact) mass is 429 g/mol. The highest BCUT2D eigenvalue weighted by atomic mass is 16.6. The van der Waals surface area contributed by atoms with E-state index in [-0.39, 0.29) is 28.7 Å². The second-order valence-electron chi connectivity index (χ2n) is 6.64. The van der Waals surface area contributed by atoms with Crippen molar-refractivity contribution in [3.8, 4) is 0 Å². The van der Waals surface area contributed by atoms with Crippen molar-refractivity contribution in [2.45, 2.75) is 0 Å². The summed E-state index contributed by atoms with van der Waals surface area (Å²) in [6.45, 7) is 0. The van der Waals surface area contributed by atoms with Gasteiger partial charge in [0.15, 0.2) is 5.82 Å². The fourth-order valence-electron chi connectivity index (χ4n) is 2.92. The molecule has 3 heterocycles. The maximum atomic E-state index is 12.6. The van der Waals surface area contributed by atoms with Crippen LogP contribution in [0.2, 0.25) is 0 Å². The highest BCUT2D eigenvalue weighted by molar-refractivity contribution is 6.05. The third kappa shape index (κ3) is 4.29. The minimum atomic E-state index is -0.619. The first-order valence-electron chi connectivity index (χ1n) is 8.82. The molecule has 0 aliphatic carbocycles. The van der Waals surface area contributed by atoms with E-state index in [1.807, 2.05) is 0 Å². The second kappa shape index (κ2) is 8.14. The zero-order valence-electron chi connectivity index (χ0n) is 17.1. The topological polar surface area (TPSA) is 155 Å². The molecule has 2 amide bonds. The Labute approximate surface area is 175 Å². The smallest absolute Gasteiger partial charge is 0.354 e. The van der Waals surface area contributed by atoms with Gasteiger partial charge in [-0.2, -0.15) is 0 Å². The van der Waals surface area contributed by atoms with Gasteiger partial charge in [-0.3, -0.25) is 19.7 Å². The number of aryl methyl sites for hydroxylation is 3. The number of amides is 2. The molecule has 2 N–H and O–H groups in total. The van der Waals surface area contributed by atoms with Crippen LogP contribution in [0.5, 0.6) is 0 Å². The molecule has 13 heteroatoms. The van der Waals surface area contributed by atoms with E-state index in [1.165, 1.54) is 52.5 Å². The Balaban J connectivity index is 1.75. The minimum absolute atomic E-state index is 0.00312. The van der Waals surface area contributed by atoms with Crippen molar-refractivity contribution in [2.24, 2.45) is 21.1 Å². The van der Waals surface area contributed by atoms with Crippen molar-refractivity contribution in [2.75, 3.05) is 17.7 Å². The fraction of sp³-hybridized carbons (Fsp3) is 0.222. The predicted molar refractivity (Wildman–Crippen MR) is 108 cm³/mol. The molecule has 0 aliphatic rings. The molecule has 0 saturated heterocycles. The Hall–Kier alpha value is -4.42. The summed E-state index contributed by atoms with van der Waals surface area (Å²) in [5, 5.41) is 16.0. The molecule has 0 radical (unpaired) electrons. The van der Waals surface area contributed by atoms with Gasteiger partial charge in [0.2, 0.25) is 5.82 Å². The molecule has 0 aromatic carbocycles. The molecule has 0 unspecified atom stereocenters. The summed E-state index contributed by atoms with van der Waals surface area (Å²) in [5.74, 6) is -1.65. The highest BCUT2D eigenvalue weighted by Gasteiger charge is 2.21. The first-order chi connectivity index (χ1) is 14.6. The lowest BCUT2D eigenvalue weighted by Gasteiger charge is -2.02. The first-order valence-corrected chi connectivity index (χ1v) is 8.82. The second-order valence-corrected chi connectivity index (χ2v) is 6.64. The van der Waals surface area contributed by atoms with Gasteiger partial charge in [-0.25, -0.2) is 9.78 Å². The van der Waals surface area contributed by atoms with Gasteiger partial charge in [0, 0.05) is 39.6 Å². The predicted octanol–water partition coefficient (Wildman–Crippen LogP) is 1.30. The van der Waals surface area contributed by atoms with E-state index in [9.17, 15) is 24.5 Å². The molecule has 0 bridgehead atoms. The Kier molecular flexibility index (Phi) is 5.59. The number of anilines is 2. The van der Waals surface area contributed by atoms with Crippen molar-refractivity contribution in [3.63, 3.8) is 0 Å². The third-order valence-electron chi connectivity index (χ3n) is 4.41. The van der Waals surface area contributed by atoms with Crippen LogP contribution in [0.1, 0.15) is 31.6 Å². The van der Waals surface area contributed by atoms with E-state index in [2.05, 4.69) is 20.4 Å². The van der Waals surface area contributed by atoms with Crippen LogP contribution in [0.3, 0.4) is 0 Å². The molecule has 3 aromatic rings. The van der Waals surface area contributed by atoms with E-state index in [1.54, 1.807) is 14.1 Å². The SMILES string of the molecule is COC(=O)c1cc(NC(=O)c2nc(NC(=O)c3cc([N+](=O)[O-])cn3C)cn2C)cn1C. The number of ether oxygens (including phenoxy) is 1. The largest absolute Gasteiger partial charge is 0.464 e. The van der Waals surface area contributed by atoms with Gasteiger partial charge in [-0.15, -0.1) is 0 Å². The van der Waals surface area contributed by atoms with Crippen LogP contribution in [0.25, 0.3) is 0 Å². The van der Waals surface area contributed by atoms with Crippen LogP contribution in [0, 0.1) is 10.1 Å². The van der Waals surface area contributed by atoms with E-state index in [0.717, 1.165) is 6.07 Å². The number of nitrogens with zero attached hydrogens (tertiary/aromatic N) is 5. The molecule has 3 aromatic heterocycles. The van der Waals surface area contributed by atoms with Gasteiger partial charge < -0.3 is 29.1 Å². The van der Waals surface area contributed by atoms with Gasteiger partial charge in [-0.05, 0) is 6.07 Å². The molecule has 0 saturated carbocycles. The molecule has 0 atom stereocenters. The van der Waals surface area contributed by atoms with E-state index >= 15 is 0 Å². The van der Waals surface area contributed by atoms with E-state index < -0.39 is 22.7 Å². The van der Waals surface area contributed by atoms with Gasteiger partial charge in [0.1, 0.15) is 11.4 Å². The summed E-state index contributed by atoms with van der Waals surface area (Å²) in [6, 6.07) is 2.60.